The average Bonchev–Trinajstić information content (AvgIpc) is 2.42. The van der Waals surface area contributed by atoms with Gasteiger partial charge in [0.2, 0.25) is 5.91 Å². The van der Waals surface area contributed by atoms with E-state index in [0.717, 1.165) is 18.9 Å². The van der Waals surface area contributed by atoms with E-state index < -0.39 is 11.6 Å². The van der Waals surface area contributed by atoms with Crippen molar-refractivity contribution in [3.05, 3.63) is 17.7 Å². The van der Waals surface area contributed by atoms with E-state index in [-0.39, 0.29) is 23.5 Å². The molecule has 1 fully saturated rings. The highest BCUT2D eigenvalue weighted by molar-refractivity contribution is 5.79. The number of nitrogens with one attached hydrogen (secondary N) is 1. The normalized spacial score (nSPS) is 19.3. The van der Waals surface area contributed by atoms with Gasteiger partial charge in [0.05, 0.1) is 5.92 Å². The smallest absolute Gasteiger partial charge is 0.224 e. The van der Waals surface area contributed by atoms with E-state index in [4.69, 9.17) is 5.73 Å². The molecule has 0 radical (unpaired) electrons. The molecule has 1 aromatic rings. The van der Waals surface area contributed by atoms with Crippen molar-refractivity contribution in [2.24, 2.45) is 5.92 Å². The summed E-state index contributed by atoms with van der Waals surface area (Å²) in [6.45, 7) is 0.928. The van der Waals surface area contributed by atoms with E-state index in [9.17, 15) is 13.6 Å². The predicted molar refractivity (Wildman–Crippen MR) is 67.6 cm³/mol. The van der Waals surface area contributed by atoms with Crippen LogP contribution in [0.3, 0.4) is 0 Å². The first-order chi connectivity index (χ1) is 9.02. The first-order valence-corrected chi connectivity index (χ1v) is 6.11. The SMILES string of the molecule is CNC(=O)C1CCCN(c2nc(N)c(F)cc2F)C1. The monoisotopic (exact) mass is 270 g/mol. The highest BCUT2D eigenvalue weighted by Crippen LogP contribution is 2.26. The van der Waals surface area contributed by atoms with Crippen LogP contribution in [-0.4, -0.2) is 31.0 Å². The van der Waals surface area contributed by atoms with Gasteiger partial charge in [0.15, 0.2) is 23.3 Å². The van der Waals surface area contributed by atoms with E-state index >= 15 is 0 Å². The molecule has 5 nitrogen and oxygen atoms in total. The van der Waals surface area contributed by atoms with Crippen LogP contribution in [0.15, 0.2) is 6.07 Å². The lowest BCUT2D eigenvalue weighted by atomic mass is 9.97. The number of nitrogens with two attached hydrogens (primary N) is 1. The maximum absolute atomic E-state index is 13.7. The maximum Gasteiger partial charge on any atom is 0.224 e. The maximum atomic E-state index is 13.7. The van der Waals surface area contributed by atoms with Gasteiger partial charge in [-0.15, -0.1) is 0 Å². The van der Waals surface area contributed by atoms with E-state index in [0.29, 0.717) is 13.1 Å². The minimum atomic E-state index is -0.874. The summed E-state index contributed by atoms with van der Waals surface area (Å²) in [5, 5.41) is 2.58. The fourth-order valence-electron chi connectivity index (χ4n) is 2.28. The van der Waals surface area contributed by atoms with Crippen LogP contribution in [0.2, 0.25) is 0 Å². The molecule has 1 aliphatic rings. The number of rotatable bonds is 2. The Balaban J connectivity index is 2.22. The van der Waals surface area contributed by atoms with E-state index in [2.05, 4.69) is 10.3 Å². The number of hydrogen-bond acceptors (Lipinski definition) is 4. The van der Waals surface area contributed by atoms with Gasteiger partial charge in [-0.25, -0.2) is 13.8 Å². The topological polar surface area (TPSA) is 71.2 Å². The Kier molecular flexibility index (Phi) is 3.82. The summed E-state index contributed by atoms with van der Waals surface area (Å²) in [4.78, 5) is 17.0. The molecule has 2 rings (SSSR count). The zero-order valence-electron chi connectivity index (χ0n) is 10.6. The van der Waals surface area contributed by atoms with E-state index in [1.54, 1.807) is 11.9 Å². The molecule has 0 spiro atoms. The van der Waals surface area contributed by atoms with Gasteiger partial charge in [-0.2, -0.15) is 0 Å². The number of amides is 1. The predicted octanol–water partition coefficient (Wildman–Crippen LogP) is 0.904. The third-order valence-electron chi connectivity index (χ3n) is 3.28. The number of nitrogen functional groups attached to an aromatic ring is 1. The summed E-state index contributed by atoms with van der Waals surface area (Å²) in [5.41, 5.74) is 5.36. The van der Waals surface area contributed by atoms with Gasteiger partial charge in [0.25, 0.3) is 0 Å². The van der Waals surface area contributed by atoms with Crippen LogP contribution in [-0.2, 0) is 4.79 Å². The molecule has 19 heavy (non-hydrogen) atoms. The zero-order chi connectivity index (χ0) is 14.0. The second kappa shape index (κ2) is 5.38. The second-order valence-corrected chi connectivity index (χ2v) is 4.56. The number of pyridine rings is 1. The van der Waals surface area contributed by atoms with Crippen LogP contribution < -0.4 is 16.0 Å². The molecule has 104 valence electrons. The van der Waals surface area contributed by atoms with Gasteiger partial charge in [-0.05, 0) is 12.8 Å². The third-order valence-corrected chi connectivity index (χ3v) is 3.28. The van der Waals surface area contributed by atoms with Crippen molar-refractivity contribution in [3.63, 3.8) is 0 Å². The van der Waals surface area contributed by atoms with E-state index in [1.165, 1.54) is 0 Å². The highest BCUT2D eigenvalue weighted by Gasteiger charge is 2.27. The fourth-order valence-corrected chi connectivity index (χ4v) is 2.28. The average molecular weight is 270 g/mol. The number of piperidine rings is 1. The number of hydrogen-bond donors (Lipinski definition) is 2. The number of halogens is 2. The number of carbonyl (C=O) groups excluding carboxylic acids is 1. The molecule has 1 saturated heterocycles. The lowest BCUT2D eigenvalue weighted by molar-refractivity contribution is -0.124. The minimum absolute atomic E-state index is 0.00695. The molecule has 0 bridgehead atoms. The first-order valence-electron chi connectivity index (χ1n) is 6.11. The van der Waals surface area contributed by atoms with Crippen molar-refractivity contribution in [1.82, 2.24) is 10.3 Å². The molecule has 1 aliphatic heterocycles. The molecule has 1 unspecified atom stereocenters. The number of anilines is 2. The number of carbonyl (C=O) groups is 1. The largest absolute Gasteiger partial charge is 0.381 e. The molecule has 7 heteroatoms. The molecule has 0 aromatic carbocycles. The van der Waals surface area contributed by atoms with Crippen molar-refractivity contribution < 1.29 is 13.6 Å². The number of nitrogens with zero attached hydrogens (tertiary/aromatic N) is 2. The molecule has 1 amide bonds. The summed E-state index contributed by atoms with van der Waals surface area (Å²) in [5.74, 6) is -2.26. The van der Waals surface area contributed by atoms with Gasteiger partial charge in [0.1, 0.15) is 0 Å². The Morgan fingerprint density at radius 3 is 2.95 bits per heavy atom. The Labute approximate surface area is 109 Å². The molecule has 0 aliphatic carbocycles. The standard InChI is InChI=1S/C12H16F2N4O/c1-16-12(19)7-3-2-4-18(6-7)11-9(14)5-8(13)10(15)17-11/h5,7H,2-4,6H2,1H3,(H2,15,17)(H,16,19). The Bertz CT molecular complexity index is 495. The zero-order valence-corrected chi connectivity index (χ0v) is 10.6. The summed E-state index contributed by atoms with van der Waals surface area (Å²) in [6, 6.07) is 0.723. The summed E-state index contributed by atoms with van der Waals surface area (Å²) >= 11 is 0. The van der Waals surface area contributed by atoms with Crippen LogP contribution in [0.25, 0.3) is 0 Å². The minimum Gasteiger partial charge on any atom is -0.381 e. The lowest BCUT2D eigenvalue weighted by Gasteiger charge is -2.32. The van der Waals surface area contributed by atoms with Crippen LogP contribution in [0.5, 0.6) is 0 Å². The molecule has 1 atom stereocenters. The molecular weight excluding hydrogens is 254 g/mol. The summed E-state index contributed by atoms with van der Waals surface area (Å²) in [7, 11) is 1.57. The summed E-state index contributed by atoms with van der Waals surface area (Å²) in [6.07, 6.45) is 1.49. The first kappa shape index (κ1) is 13.5. The second-order valence-electron chi connectivity index (χ2n) is 4.56. The van der Waals surface area contributed by atoms with Crippen LogP contribution >= 0.6 is 0 Å². The Hall–Kier alpha value is -1.92. The quantitative estimate of drug-likeness (QED) is 0.837. The lowest BCUT2D eigenvalue weighted by Crippen LogP contribution is -2.42. The molecular formula is C12H16F2N4O. The van der Waals surface area contributed by atoms with Crippen LogP contribution in [0.1, 0.15) is 12.8 Å². The molecule has 2 heterocycles. The Morgan fingerprint density at radius 2 is 2.26 bits per heavy atom. The molecule has 0 saturated carbocycles. The van der Waals surface area contributed by atoms with Crippen LogP contribution in [0.4, 0.5) is 20.4 Å². The third kappa shape index (κ3) is 2.74. The van der Waals surface area contributed by atoms with Crippen molar-refractivity contribution in [1.29, 1.82) is 0 Å². The molecule has 3 N–H and O–H groups in total. The van der Waals surface area contributed by atoms with Crippen molar-refractivity contribution >= 4 is 17.5 Å². The van der Waals surface area contributed by atoms with Gasteiger partial charge < -0.3 is 16.0 Å². The Morgan fingerprint density at radius 1 is 1.53 bits per heavy atom. The van der Waals surface area contributed by atoms with Crippen molar-refractivity contribution in [3.8, 4) is 0 Å². The highest BCUT2D eigenvalue weighted by atomic mass is 19.1. The van der Waals surface area contributed by atoms with Gasteiger partial charge in [-0.3, -0.25) is 4.79 Å². The van der Waals surface area contributed by atoms with Gasteiger partial charge in [-0.1, -0.05) is 0 Å². The number of aromatic nitrogens is 1. The van der Waals surface area contributed by atoms with Crippen molar-refractivity contribution in [2.75, 3.05) is 30.8 Å². The summed E-state index contributed by atoms with van der Waals surface area (Å²) < 4.78 is 26.8. The van der Waals surface area contributed by atoms with Crippen molar-refractivity contribution in [2.45, 2.75) is 12.8 Å². The molecule has 1 aromatic heterocycles. The van der Waals surface area contributed by atoms with E-state index in [1.807, 2.05) is 0 Å². The van der Waals surface area contributed by atoms with Crippen LogP contribution in [0, 0.1) is 17.6 Å². The van der Waals surface area contributed by atoms with Gasteiger partial charge in [0, 0.05) is 26.2 Å². The fraction of sp³-hybridized carbons (Fsp3) is 0.500. The van der Waals surface area contributed by atoms with Gasteiger partial charge >= 0.3 is 0 Å².